The van der Waals surface area contributed by atoms with E-state index in [2.05, 4.69) is 0 Å². The van der Waals surface area contributed by atoms with Crippen LogP contribution in [0.5, 0.6) is 11.5 Å². The number of carboxylic acid groups (broad SMARTS) is 1. The van der Waals surface area contributed by atoms with Gasteiger partial charge >= 0.3 is 5.97 Å². The van der Waals surface area contributed by atoms with E-state index in [1.54, 1.807) is 13.0 Å². The zero-order valence-electron chi connectivity index (χ0n) is 11.4. The van der Waals surface area contributed by atoms with Crippen LogP contribution in [0.4, 0.5) is 0 Å². The van der Waals surface area contributed by atoms with Gasteiger partial charge in [0.15, 0.2) is 11.5 Å². The highest BCUT2D eigenvalue weighted by Crippen LogP contribution is 2.26. The molecule has 0 radical (unpaired) electrons. The Morgan fingerprint density at radius 2 is 1.84 bits per heavy atom. The lowest BCUT2D eigenvalue weighted by Gasteiger charge is -2.11. The Morgan fingerprint density at radius 3 is 2.37 bits per heavy atom. The van der Waals surface area contributed by atoms with E-state index in [-0.39, 0.29) is 6.61 Å². The summed E-state index contributed by atoms with van der Waals surface area (Å²) >= 11 is 0. The number of hydrogen-bond donors (Lipinski definition) is 1. The van der Waals surface area contributed by atoms with Gasteiger partial charge in [-0.15, -0.1) is 0 Å². The zero-order chi connectivity index (χ0) is 14.1. The van der Waals surface area contributed by atoms with Gasteiger partial charge in [0.2, 0.25) is 0 Å². The Kier molecular flexibility index (Phi) is 6.50. The summed E-state index contributed by atoms with van der Waals surface area (Å²) in [4.78, 5) is 10.8. The molecule has 0 atom stereocenters. The molecular formula is C15H20O4. The van der Waals surface area contributed by atoms with E-state index in [9.17, 15) is 4.79 Å². The van der Waals surface area contributed by atoms with Crippen molar-refractivity contribution in [2.24, 2.45) is 0 Å². The van der Waals surface area contributed by atoms with Crippen molar-refractivity contribution in [1.82, 2.24) is 0 Å². The van der Waals surface area contributed by atoms with Gasteiger partial charge in [0.05, 0.1) is 6.61 Å². The summed E-state index contributed by atoms with van der Waals surface area (Å²) in [6.45, 7) is 4.69. The SMILES string of the molecule is CCCOc1ccccc1OCC=C(CC)C(=O)O. The normalized spacial score (nSPS) is 11.2. The predicted molar refractivity (Wildman–Crippen MR) is 73.7 cm³/mol. The highest BCUT2D eigenvalue weighted by molar-refractivity contribution is 5.86. The van der Waals surface area contributed by atoms with Crippen molar-refractivity contribution < 1.29 is 19.4 Å². The first-order chi connectivity index (χ1) is 9.19. The van der Waals surface area contributed by atoms with Crippen molar-refractivity contribution in [1.29, 1.82) is 0 Å². The second-order valence-electron chi connectivity index (χ2n) is 3.99. The molecule has 0 aromatic heterocycles. The van der Waals surface area contributed by atoms with Crippen LogP contribution in [-0.2, 0) is 4.79 Å². The van der Waals surface area contributed by atoms with E-state index in [1.807, 2.05) is 31.2 Å². The first-order valence-electron chi connectivity index (χ1n) is 6.46. The number of carbonyl (C=O) groups is 1. The number of ether oxygens (including phenoxy) is 2. The quantitative estimate of drug-likeness (QED) is 0.732. The van der Waals surface area contributed by atoms with Gasteiger partial charge < -0.3 is 14.6 Å². The van der Waals surface area contributed by atoms with E-state index < -0.39 is 5.97 Å². The molecular weight excluding hydrogens is 244 g/mol. The smallest absolute Gasteiger partial charge is 0.331 e. The lowest BCUT2D eigenvalue weighted by molar-refractivity contribution is -0.132. The standard InChI is InChI=1S/C15H20O4/c1-3-10-18-13-7-5-6-8-14(13)19-11-9-12(4-2)15(16)17/h5-9H,3-4,10-11H2,1-2H3,(H,16,17). The molecule has 4 heteroatoms. The molecule has 0 aliphatic heterocycles. The molecule has 1 aromatic rings. The summed E-state index contributed by atoms with van der Waals surface area (Å²) in [5, 5.41) is 8.89. The summed E-state index contributed by atoms with van der Waals surface area (Å²) < 4.78 is 11.1. The Bertz CT molecular complexity index is 438. The predicted octanol–water partition coefficient (Wildman–Crippen LogP) is 3.28. The first kappa shape index (κ1) is 15.1. The van der Waals surface area contributed by atoms with E-state index in [0.29, 0.717) is 30.1 Å². The third-order valence-electron chi connectivity index (χ3n) is 2.54. The summed E-state index contributed by atoms with van der Waals surface area (Å²) in [5.41, 5.74) is 0.354. The minimum absolute atomic E-state index is 0.224. The topological polar surface area (TPSA) is 55.8 Å². The maximum Gasteiger partial charge on any atom is 0.331 e. The lowest BCUT2D eigenvalue weighted by Crippen LogP contribution is -2.04. The van der Waals surface area contributed by atoms with Crippen LogP contribution in [-0.4, -0.2) is 24.3 Å². The molecule has 0 aliphatic carbocycles. The molecule has 104 valence electrons. The van der Waals surface area contributed by atoms with Crippen LogP contribution in [0.15, 0.2) is 35.9 Å². The van der Waals surface area contributed by atoms with Crippen molar-refractivity contribution in [2.75, 3.05) is 13.2 Å². The highest BCUT2D eigenvalue weighted by atomic mass is 16.5. The third-order valence-corrected chi connectivity index (χ3v) is 2.54. The fourth-order valence-corrected chi connectivity index (χ4v) is 1.52. The summed E-state index contributed by atoms with van der Waals surface area (Å²) in [7, 11) is 0. The van der Waals surface area contributed by atoms with Crippen LogP contribution < -0.4 is 9.47 Å². The number of aliphatic carboxylic acids is 1. The van der Waals surface area contributed by atoms with E-state index >= 15 is 0 Å². The molecule has 19 heavy (non-hydrogen) atoms. The molecule has 0 aliphatic rings. The summed E-state index contributed by atoms with van der Waals surface area (Å²) in [5.74, 6) is 0.417. The number of hydrogen-bond acceptors (Lipinski definition) is 3. The second kappa shape index (κ2) is 8.19. The number of para-hydroxylation sites is 2. The van der Waals surface area contributed by atoms with Gasteiger partial charge in [-0.25, -0.2) is 4.79 Å². The number of rotatable bonds is 8. The van der Waals surface area contributed by atoms with Gasteiger partial charge in [0.25, 0.3) is 0 Å². The van der Waals surface area contributed by atoms with Crippen molar-refractivity contribution in [3.8, 4) is 11.5 Å². The molecule has 0 amide bonds. The maximum atomic E-state index is 10.8. The molecule has 4 nitrogen and oxygen atoms in total. The van der Waals surface area contributed by atoms with Crippen molar-refractivity contribution >= 4 is 5.97 Å². The molecule has 0 bridgehead atoms. The average molecular weight is 264 g/mol. The van der Waals surface area contributed by atoms with Crippen LogP contribution in [0.1, 0.15) is 26.7 Å². The molecule has 0 saturated carbocycles. The maximum absolute atomic E-state index is 10.8. The second-order valence-corrected chi connectivity index (χ2v) is 3.99. The van der Waals surface area contributed by atoms with Crippen LogP contribution >= 0.6 is 0 Å². The van der Waals surface area contributed by atoms with Gasteiger partial charge in [0.1, 0.15) is 6.61 Å². The Hall–Kier alpha value is -1.97. The van der Waals surface area contributed by atoms with Crippen LogP contribution in [0.3, 0.4) is 0 Å². The van der Waals surface area contributed by atoms with Gasteiger partial charge in [-0.2, -0.15) is 0 Å². The van der Waals surface area contributed by atoms with Gasteiger partial charge in [-0.05, 0) is 31.1 Å². The molecule has 0 unspecified atom stereocenters. The van der Waals surface area contributed by atoms with Gasteiger partial charge in [0, 0.05) is 5.57 Å². The monoisotopic (exact) mass is 264 g/mol. The van der Waals surface area contributed by atoms with Crippen LogP contribution in [0.2, 0.25) is 0 Å². The molecule has 0 spiro atoms. The van der Waals surface area contributed by atoms with E-state index in [0.717, 1.165) is 6.42 Å². The van der Waals surface area contributed by atoms with Crippen LogP contribution in [0.25, 0.3) is 0 Å². The fourth-order valence-electron chi connectivity index (χ4n) is 1.52. The number of benzene rings is 1. The van der Waals surface area contributed by atoms with Crippen molar-refractivity contribution in [2.45, 2.75) is 26.7 Å². The van der Waals surface area contributed by atoms with E-state index in [4.69, 9.17) is 14.6 Å². The highest BCUT2D eigenvalue weighted by Gasteiger charge is 2.05. The Morgan fingerprint density at radius 1 is 1.21 bits per heavy atom. The van der Waals surface area contributed by atoms with Crippen molar-refractivity contribution in [3.05, 3.63) is 35.9 Å². The molecule has 1 aromatic carbocycles. The minimum Gasteiger partial charge on any atom is -0.490 e. The number of carboxylic acids is 1. The average Bonchev–Trinajstić information content (AvgIpc) is 2.42. The van der Waals surface area contributed by atoms with E-state index in [1.165, 1.54) is 0 Å². The van der Waals surface area contributed by atoms with Crippen LogP contribution in [0, 0.1) is 0 Å². The van der Waals surface area contributed by atoms with Gasteiger partial charge in [-0.1, -0.05) is 26.0 Å². The van der Waals surface area contributed by atoms with Crippen molar-refractivity contribution in [3.63, 3.8) is 0 Å². The minimum atomic E-state index is -0.901. The first-order valence-corrected chi connectivity index (χ1v) is 6.46. The summed E-state index contributed by atoms with van der Waals surface area (Å²) in [6, 6.07) is 7.38. The largest absolute Gasteiger partial charge is 0.490 e. The molecule has 0 heterocycles. The summed E-state index contributed by atoms with van der Waals surface area (Å²) in [6.07, 6.45) is 2.98. The lowest BCUT2D eigenvalue weighted by atomic mass is 10.2. The fraction of sp³-hybridized carbons (Fsp3) is 0.400. The zero-order valence-corrected chi connectivity index (χ0v) is 11.4. The Balaban J connectivity index is 2.64. The molecule has 0 saturated heterocycles. The molecule has 0 fully saturated rings. The molecule has 1 rings (SSSR count). The third kappa shape index (κ3) is 5.04. The Labute approximate surface area is 113 Å². The van der Waals surface area contributed by atoms with Gasteiger partial charge in [-0.3, -0.25) is 0 Å². The molecule has 1 N–H and O–H groups in total.